The summed E-state index contributed by atoms with van der Waals surface area (Å²) in [7, 11) is 0. The number of carbonyl (C=O) groups excluding carboxylic acids is 2. The van der Waals surface area contributed by atoms with Crippen LogP contribution in [0.4, 0.5) is 0 Å². The molecule has 0 spiro atoms. The smallest absolute Gasteiger partial charge is 0.870 e. The fraction of sp³-hybridized carbons (Fsp3) is 0.424. The van der Waals surface area contributed by atoms with Crippen LogP contribution in [-0.4, -0.2) is 76.5 Å². The summed E-state index contributed by atoms with van der Waals surface area (Å²) in [5, 5.41) is 14.1. The zero-order chi connectivity index (χ0) is 77.3. The minimum absolute atomic E-state index is 0. The summed E-state index contributed by atoms with van der Waals surface area (Å²) >= 11 is 0. The second-order valence-electron chi connectivity index (χ2n) is 33.2. The molecule has 12 nitrogen and oxygen atoms in total. The number of ketones is 1. The van der Waals surface area contributed by atoms with Crippen molar-refractivity contribution < 1.29 is 64.0 Å². The van der Waals surface area contributed by atoms with Crippen LogP contribution in [0.1, 0.15) is 246 Å². The molecule has 4 aromatic heterocycles. The number of carboxylic acid groups (broad SMARTS) is 1. The van der Waals surface area contributed by atoms with Crippen molar-refractivity contribution in [3.63, 3.8) is 0 Å². The molecule has 0 atom stereocenters. The van der Waals surface area contributed by atoms with Crippen LogP contribution in [-0.2, 0) is 40.2 Å². The number of hydrogen-bond donors (Lipinski definition) is 2. The zero-order valence-corrected chi connectivity index (χ0v) is 70.5. The Morgan fingerprint density at radius 1 is 0.416 bits per heavy atom. The number of carboxylic acids is 1. The number of hydrogen-bond acceptors (Lipinski definition) is 11. The fourth-order valence-electron chi connectivity index (χ4n) is 17.5. The molecule has 4 aliphatic carbocycles. The number of rotatable bonds is 16. The molecular weight excluding hydrogens is 1400 g/mol. The number of benzene rings is 7. The number of aliphatic carboxylic acids is 1. The summed E-state index contributed by atoms with van der Waals surface area (Å²) in [4.78, 5) is 53.7. The first-order valence-electron chi connectivity index (χ1n) is 41.1. The van der Waals surface area contributed by atoms with Gasteiger partial charge in [0.2, 0.25) is 0 Å². The number of esters is 1. The Kier molecular flexibility index (Phi) is 35.6. The van der Waals surface area contributed by atoms with Gasteiger partial charge < -0.3 is 25.8 Å². The molecule has 1 aliphatic heterocycles. The number of Topliss-reactive ketones (excluding diaryl/α,β-unsaturated/α-hetero) is 1. The van der Waals surface area contributed by atoms with Gasteiger partial charge in [0, 0.05) is 85.8 Å². The molecule has 3 radical (unpaired) electrons. The topological polar surface area (TPSA) is 197 Å². The van der Waals surface area contributed by atoms with Crippen molar-refractivity contribution in [1.29, 1.82) is 0 Å². The molecule has 16 rings (SSSR count). The summed E-state index contributed by atoms with van der Waals surface area (Å²) in [5.74, 6) is 3.08. The Balaban J connectivity index is 0.000000177. The van der Waals surface area contributed by atoms with Gasteiger partial charge in [-0.15, -0.1) is 0 Å². The van der Waals surface area contributed by atoms with Gasteiger partial charge in [-0.05, 0) is 277 Å². The standard InChI is InChI=1S/C26H29NO.C26H31N.C18H21NO2.C16H17NO2.C9H13N.C4H8O.B.Na.H2O/c1-26(2,21-8-4-3-5-9-21)18-25(28)20-14-12-19(13-15-20)22-16-17-27-24-11-7-6-10-23(22)24;1-26(2,22-8-4-3-5-9-22)18-16-20-12-14-21(15-13-20)23-17-19-27-25-11-7-6-10-24(23)25;1-2-21-18(20)14-9-7-13(8-10-14)15-11-12-19-17-6-4-3-5-16(15)17;18-16(19)12-7-5-11(6-8-12)13-9-10-17-15-4-2-1-3-14(13)15;1-9(2,10)8-6-4-3-5-7-8;1-2-4-5-3-1;;;/h3-11,16-17,19-20H,12-15,18H2,1-2H3;3-11,17,19-21H,12-16,18H2,1-2H3;3-6,11-14H,2,7-10H2,1H3;1-4,9-12H,5-8H2,(H,18,19);3-7H,10H2,1-2H3;1-4H2;;;1H2/q;;;;;;;+1;/p-1. The van der Waals surface area contributed by atoms with Gasteiger partial charge in [-0.2, -0.15) is 0 Å². The summed E-state index contributed by atoms with van der Waals surface area (Å²) in [6, 6.07) is 73.7. The first-order valence-corrected chi connectivity index (χ1v) is 41.1. The van der Waals surface area contributed by atoms with E-state index in [1.807, 2.05) is 112 Å². The Labute approximate surface area is 697 Å². The van der Waals surface area contributed by atoms with E-state index in [4.69, 9.17) is 20.3 Å². The number of nitrogens with zero attached hydrogens (tertiary/aromatic N) is 4. The van der Waals surface area contributed by atoms with Crippen molar-refractivity contribution in [2.75, 3.05) is 19.8 Å². The first kappa shape index (κ1) is 90.3. The SMILES string of the molecule is C1CCOC1.CC(C)(CC(=O)C1CCC(c2ccnc3ccccc23)CC1)c1ccccc1.CC(C)(CCC1CCC(c2ccnc3ccccc23)CC1)c1ccccc1.CC(C)(N)c1ccccc1.CCOC(=O)C1CCC(c2ccnc3ccccc23)CC1.O=C(O)C1CCC(c2ccnc3ccccc23)CC1.[B].[Na+].[OH-]. The Bertz CT molecular complexity index is 4650. The molecule has 5 fully saturated rings. The number of carbonyl (C=O) groups is 3. The van der Waals surface area contributed by atoms with Gasteiger partial charge in [0.1, 0.15) is 5.78 Å². The van der Waals surface area contributed by atoms with Gasteiger partial charge in [-0.3, -0.25) is 34.3 Å². The molecule has 14 heteroatoms. The minimum Gasteiger partial charge on any atom is -0.870 e. The van der Waals surface area contributed by atoms with Crippen molar-refractivity contribution in [3.05, 3.63) is 276 Å². The number of nitrogens with two attached hydrogens (primary N) is 1. The van der Waals surface area contributed by atoms with Crippen LogP contribution in [0.3, 0.4) is 0 Å². The van der Waals surface area contributed by atoms with Crippen LogP contribution in [0.5, 0.6) is 0 Å². The molecule has 5 heterocycles. The monoisotopic (exact) mass is 1520 g/mol. The maximum absolute atomic E-state index is 13.0. The normalized spacial score (nSPS) is 20.1. The van der Waals surface area contributed by atoms with Crippen molar-refractivity contribution in [2.45, 2.75) is 223 Å². The van der Waals surface area contributed by atoms with E-state index in [0.29, 0.717) is 42.5 Å². The molecule has 1 saturated heterocycles. The van der Waals surface area contributed by atoms with Crippen molar-refractivity contribution >= 4 is 69.7 Å². The van der Waals surface area contributed by atoms with Gasteiger partial charge in [0.15, 0.2) is 0 Å². The largest absolute Gasteiger partial charge is 1.00 e. The number of ether oxygens (including phenoxy) is 2. The second-order valence-corrected chi connectivity index (χ2v) is 33.2. The minimum atomic E-state index is -0.641. The Morgan fingerprint density at radius 2 is 0.726 bits per heavy atom. The molecule has 7 aromatic carbocycles. The molecule has 587 valence electrons. The second kappa shape index (κ2) is 44.6. The van der Waals surface area contributed by atoms with E-state index in [0.717, 1.165) is 118 Å². The molecule has 0 unspecified atom stereocenters. The Hall–Kier alpha value is -8.27. The molecule has 5 aliphatic rings. The van der Waals surface area contributed by atoms with Crippen LogP contribution in [0.15, 0.2) is 237 Å². The third-order valence-electron chi connectivity index (χ3n) is 24.2. The van der Waals surface area contributed by atoms with Gasteiger partial charge >= 0.3 is 41.5 Å². The van der Waals surface area contributed by atoms with Gasteiger partial charge in [0.25, 0.3) is 0 Å². The van der Waals surface area contributed by atoms with Gasteiger partial charge in [-0.25, -0.2) is 0 Å². The van der Waals surface area contributed by atoms with Crippen LogP contribution in [0.2, 0.25) is 0 Å². The van der Waals surface area contributed by atoms with E-state index in [9.17, 15) is 14.4 Å². The number of para-hydroxylation sites is 4. The number of aromatic nitrogens is 4. The average molecular weight is 1530 g/mol. The zero-order valence-electron chi connectivity index (χ0n) is 68.5. The van der Waals surface area contributed by atoms with Gasteiger partial charge in [0.05, 0.1) is 40.5 Å². The van der Waals surface area contributed by atoms with Crippen molar-refractivity contribution in [2.24, 2.45) is 29.4 Å². The van der Waals surface area contributed by atoms with Crippen LogP contribution < -0.4 is 35.3 Å². The molecule has 0 amide bonds. The van der Waals surface area contributed by atoms with Crippen LogP contribution in [0, 0.1) is 23.7 Å². The van der Waals surface area contributed by atoms with E-state index < -0.39 is 5.97 Å². The predicted octanol–water partition coefficient (Wildman–Crippen LogP) is 20.5. The average Bonchev–Trinajstić information content (AvgIpc) is 1.01. The summed E-state index contributed by atoms with van der Waals surface area (Å²) in [6.07, 6.45) is 30.6. The van der Waals surface area contributed by atoms with Crippen LogP contribution >= 0.6 is 0 Å². The predicted molar refractivity (Wildman–Crippen MR) is 459 cm³/mol. The van der Waals surface area contributed by atoms with Crippen molar-refractivity contribution in [1.82, 2.24) is 19.9 Å². The maximum atomic E-state index is 13.0. The van der Waals surface area contributed by atoms with Crippen LogP contribution in [0.25, 0.3) is 43.6 Å². The van der Waals surface area contributed by atoms with E-state index in [-0.39, 0.29) is 83.5 Å². The summed E-state index contributed by atoms with van der Waals surface area (Å²) in [5.41, 5.74) is 19.7. The van der Waals surface area contributed by atoms with E-state index in [1.54, 1.807) is 0 Å². The molecular formula is C99H120BN5NaO7. The quantitative estimate of drug-likeness (QED) is 0.0687. The molecule has 4 N–H and O–H groups in total. The molecule has 0 bridgehead atoms. The summed E-state index contributed by atoms with van der Waals surface area (Å²) in [6.45, 7) is 17.5. The van der Waals surface area contributed by atoms with E-state index in [1.165, 1.54) is 112 Å². The van der Waals surface area contributed by atoms with E-state index in [2.05, 4.69) is 193 Å². The molecule has 11 aromatic rings. The third-order valence-corrected chi connectivity index (χ3v) is 24.2. The summed E-state index contributed by atoms with van der Waals surface area (Å²) < 4.78 is 10.1. The first-order chi connectivity index (χ1) is 53.3. The van der Waals surface area contributed by atoms with E-state index >= 15 is 0 Å². The molecule has 4 saturated carbocycles. The maximum Gasteiger partial charge on any atom is 1.00 e. The fourth-order valence-corrected chi connectivity index (χ4v) is 17.5. The van der Waals surface area contributed by atoms with Gasteiger partial charge in [-0.1, -0.05) is 191 Å². The number of pyridine rings is 4. The number of fused-ring (bicyclic) bond motifs is 4. The molecule has 113 heavy (non-hydrogen) atoms. The Morgan fingerprint density at radius 3 is 1.04 bits per heavy atom. The third kappa shape index (κ3) is 25.6. The van der Waals surface area contributed by atoms with Crippen molar-refractivity contribution in [3.8, 4) is 0 Å².